The summed E-state index contributed by atoms with van der Waals surface area (Å²) in [6, 6.07) is 0. The van der Waals surface area contributed by atoms with Crippen LogP contribution < -0.4 is 5.32 Å². The van der Waals surface area contributed by atoms with Crippen molar-refractivity contribution in [2.75, 3.05) is 72.0 Å². The highest BCUT2D eigenvalue weighted by atomic mass is 32.2. The standard InChI is InChI=1S/C17H33N5O3S/c23-17(20-11-6-18-7-12-20)5-10-19-13-15-22(16-14-19)26(24,25)21-8-3-1-2-4-9-21/h18H,1-16H2. The molecule has 150 valence electrons. The Labute approximate surface area is 157 Å². The van der Waals surface area contributed by atoms with E-state index in [1.165, 1.54) is 0 Å². The molecule has 3 saturated heterocycles. The molecule has 0 saturated carbocycles. The Morgan fingerprint density at radius 2 is 1.35 bits per heavy atom. The molecule has 1 N–H and O–H groups in total. The first-order chi connectivity index (χ1) is 12.6. The number of amides is 1. The second kappa shape index (κ2) is 9.45. The number of piperazine rings is 2. The number of hydrogen-bond acceptors (Lipinski definition) is 5. The Morgan fingerprint density at radius 1 is 0.769 bits per heavy atom. The van der Waals surface area contributed by atoms with Crippen molar-refractivity contribution in [3.63, 3.8) is 0 Å². The summed E-state index contributed by atoms with van der Waals surface area (Å²) >= 11 is 0. The zero-order valence-electron chi connectivity index (χ0n) is 15.7. The van der Waals surface area contributed by atoms with Crippen LogP contribution in [-0.2, 0) is 15.0 Å². The Kier molecular flexibility index (Phi) is 7.27. The molecule has 3 fully saturated rings. The summed E-state index contributed by atoms with van der Waals surface area (Å²) in [5, 5.41) is 3.25. The number of carbonyl (C=O) groups excluding carboxylic acids is 1. The summed E-state index contributed by atoms with van der Waals surface area (Å²) in [4.78, 5) is 16.4. The lowest BCUT2D eigenvalue weighted by Gasteiger charge is -2.36. The zero-order chi connectivity index (χ0) is 18.4. The van der Waals surface area contributed by atoms with E-state index in [-0.39, 0.29) is 5.91 Å². The molecular weight excluding hydrogens is 354 g/mol. The fourth-order valence-corrected chi connectivity index (χ4v) is 5.62. The maximum Gasteiger partial charge on any atom is 0.282 e. The van der Waals surface area contributed by atoms with E-state index in [0.29, 0.717) is 45.7 Å². The Morgan fingerprint density at radius 3 is 1.96 bits per heavy atom. The highest BCUT2D eigenvalue weighted by Crippen LogP contribution is 2.18. The van der Waals surface area contributed by atoms with Gasteiger partial charge < -0.3 is 15.1 Å². The first-order valence-corrected chi connectivity index (χ1v) is 11.4. The second-order valence-electron chi connectivity index (χ2n) is 7.44. The van der Waals surface area contributed by atoms with E-state index in [0.717, 1.165) is 58.4 Å². The third-order valence-electron chi connectivity index (χ3n) is 5.66. The molecule has 8 nitrogen and oxygen atoms in total. The topological polar surface area (TPSA) is 76.2 Å². The van der Waals surface area contributed by atoms with Crippen molar-refractivity contribution in [1.82, 2.24) is 23.7 Å². The third kappa shape index (κ3) is 5.16. The first kappa shape index (κ1) is 20.0. The fourth-order valence-electron chi connectivity index (χ4n) is 3.95. The van der Waals surface area contributed by atoms with Crippen LogP contribution in [0.4, 0.5) is 0 Å². The van der Waals surface area contributed by atoms with Crippen LogP contribution in [-0.4, -0.2) is 105 Å². The van der Waals surface area contributed by atoms with Gasteiger partial charge in [-0.25, -0.2) is 0 Å². The summed E-state index contributed by atoms with van der Waals surface area (Å²) in [6.07, 6.45) is 4.71. The van der Waals surface area contributed by atoms with Gasteiger partial charge >= 0.3 is 0 Å². The van der Waals surface area contributed by atoms with Gasteiger partial charge in [0, 0.05) is 78.4 Å². The van der Waals surface area contributed by atoms with E-state index >= 15 is 0 Å². The van der Waals surface area contributed by atoms with Crippen LogP contribution in [0.5, 0.6) is 0 Å². The molecule has 0 aliphatic carbocycles. The van der Waals surface area contributed by atoms with Gasteiger partial charge in [0.25, 0.3) is 10.2 Å². The molecule has 1 amide bonds. The van der Waals surface area contributed by atoms with Crippen LogP contribution >= 0.6 is 0 Å². The molecule has 0 spiro atoms. The minimum absolute atomic E-state index is 0.214. The number of carbonyl (C=O) groups is 1. The van der Waals surface area contributed by atoms with Crippen molar-refractivity contribution in [3.8, 4) is 0 Å². The molecule has 3 heterocycles. The van der Waals surface area contributed by atoms with Crippen molar-refractivity contribution < 1.29 is 13.2 Å². The molecule has 0 radical (unpaired) electrons. The molecule has 0 aromatic carbocycles. The van der Waals surface area contributed by atoms with Crippen molar-refractivity contribution in [2.24, 2.45) is 0 Å². The van der Waals surface area contributed by atoms with Gasteiger partial charge in [-0.15, -0.1) is 0 Å². The zero-order valence-corrected chi connectivity index (χ0v) is 16.6. The SMILES string of the molecule is O=C(CCN1CCN(S(=O)(=O)N2CCCCCC2)CC1)N1CCNCC1. The Balaban J connectivity index is 1.42. The van der Waals surface area contributed by atoms with Crippen molar-refractivity contribution in [1.29, 1.82) is 0 Å². The summed E-state index contributed by atoms with van der Waals surface area (Å²) in [7, 11) is -3.32. The van der Waals surface area contributed by atoms with Gasteiger partial charge in [-0.2, -0.15) is 17.0 Å². The van der Waals surface area contributed by atoms with E-state index in [1.54, 1.807) is 8.61 Å². The minimum Gasteiger partial charge on any atom is -0.340 e. The van der Waals surface area contributed by atoms with E-state index < -0.39 is 10.2 Å². The molecule has 26 heavy (non-hydrogen) atoms. The van der Waals surface area contributed by atoms with E-state index in [2.05, 4.69) is 10.2 Å². The van der Waals surface area contributed by atoms with Crippen molar-refractivity contribution in [2.45, 2.75) is 32.1 Å². The smallest absolute Gasteiger partial charge is 0.282 e. The molecule has 0 bridgehead atoms. The van der Waals surface area contributed by atoms with Gasteiger partial charge in [0.15, 0.2) is 0 Å². The van der Waals surface area contributed by atoms with Crippen LogP contribution in [0.1, 0.15) is 32.1 Å². The molecule has 3 aliphatic rings. The lowest BCUT2D eigenvalue weighted by atomic mass is 10.2. The van der Waals surface area contributed by atoms with Crippen LogP contribution in [0.15, 0.2) is 0 Å². The molecule has 3 rings (SSSR count). The third-order valence-corrected chi connectivity index (χ3v) is 7.70. The first-order valence-electron chi connectivity index (χ1n) is 10.0. The van der Waals surface area contributed by atoms with Gasteiger partial charge in [-0.05, 0) is 12.8 Å². The number of nitrogens with one attached hydrogen (secondary N) is 1. The molecule has 0 aromatic rings. The molecule has 0 aromatic heterocycles. The number of nitrogens with zero attached hydrogens (tertiary/aromatic N) is 4. The van der Waals surface area contributed by atoms with Gasteiger partial charge in [-0.1, -0.05) is 12.8 Å². The summed E-state index contributed by atoms with van der Waals surface area (Å²) in [6.45, 7) is 7.84. The highest BCUT2D eigenvalue weighted by molar-refractivity contribution is 7.86. The van der Waals surface area contributed by atoms with Crippen LogP contribution in [0, 0.1) is 0 Å². The van der Waals surface area contributed by atoms with E-state index in [1.807, 2.05) is 4.90 Å². The van der Waals surface area contributed by atoms with Crippen molar-refractivity contribution in [3.05, 3.63) is 0 Å². The summed E-state index contributed by atoms with van der Waals surface area (Å²) in [5.41, 5.74) is 0. The fraction of sp³-hybridized carbons (Fsp3) is 0.941. The maximum absolute atomic E-state index is 12.8. The summed E-state index contributed by atoms with van der Waals surface area (Å²) < 4.78 is 29.0. The predicted molar refractivity (Wildman–Crippen MR) is 101 cm³/mol. The van der Waals surface area contributed by atoms with Gasteiger partial charge in [0.1, 0.15) is 0 Å². The quantitative estimate of drug-likeness (QED) is 0.691. The largest absolute Gasteiger partial charge is 0.340 e. The van der Waals surface area contributed by atoms with Crippen molar-refractivity contribution >= 4 is 16.1 Å². The van der Waals surface area contributed by atoms with Gasteiger partial charge in [-0.3, -0.25) is 4.79 Å². The van der Waals surface area contributed by atoms with Crippen LogP contribution in [0.2, 0.25) is 0 Å². The lowest BCUT2D eigenvalue weighted by Crippen LogP contribution is -2.53. The number of rotatable bonds is 5. The van der Waals surface area contributed by atoms with Gasteiger partial charge in [0.2, 0.25) is 5.91 Å². The molecule has 0 unspecified atom stereocenters. The second-order valence-corrected chi connectivity index (χ2v) is 9.37. The van der Waals surface area contributed by atoms with E-state index in [4.69, 9.17) is 0 Å². The van der Waals surface area contributed by atoms with Gasteiger partial charge in [0.05, 0.1) is 0 Å². The maximum atomic E-state index is 12.8. The average molecular weight is 388 g/mol. The lowest BCUT2D eigenvalue weighted by molar-refractivity contribution is -0.132. The number of hydrogen-bond donors (Lipinski definition) is 1. The molecule has 3 aliphatic heterocycles. The summed E-state index contributed by atoms with van der Waals surface area (Å²) in [5.74, 6) is 0.214. The highest BCUT2D eigenvalue weighted by Gasteiger charge is 2.32. The molecular formula is C17H33N5O3S. The Hall–Kier alpha value is -0.740. The normalized spacial score (nSPS) is 25.2. The Bertz CT molecular complexity index is 549. The monoisotopic (exact) mass is 387 g/mol. The minimum atomic E-state index is -3.32. The average Bonchev–Trinajstić information content (AvgIpc) is 2.97. The van der Waals surface area contributed by atoms with Crippen LogP contribution in [0.3, 0.4) is 0 Å². The molecule has 9 heteroatoms. The van der Waals surface area contributed by atoms with E-state index in [9.17, 15) is 13.2 Å². The predicted octanol–water partition coefficient (Wildman–Crippen LogP) is -0.453. The van der Waals surface area contributed by atoms with Crippen LogP contribution in [0.25, 0.3) is 0 Å². The molecule has 0 atom stereocenters.